The molecule has 182 valence electrons. The summed E-state index contributed by atoms with van der Waals surface area (Å²) < 4.78 is 21.1. The van der Waals surface area contributed by atoms with Crippen molar-refractivity contribution in [2.24, 2.45) is 10.2 Å². The fourth-order valence-electron chi connectivity index (χ4n) is 2.51. The van der Waals surface area contributed by atoms with E-state index in [1.165, 1.54) is 26.6 Å². The average molecular weight is 474 g/mol. The first kappa shape index (κ1) is 26.1. The van der Waals surface area contributed by atoms with Gasteiger partial charge in [-0.25, -0.2) is 10.9 Å². The largest absolute Gasteiger partial charge is 0.493 e. The Hall–Kier alpha value is -4.16. The monoisotopic (exact) mass is 474 g/mol. The second-order valence-electron chi connectivity index (χ2n) is 6.36. The van der Waals surface area contributed by atoms with Crippen LogP contribution >= 0.6 is 0 Å². The van der Waals surface area contributed by atoms with Gasteiger partial charge in [0.25, 0.3) is 0 Å². The number of aliphatic hydroxyl groups is 2. The molecule has 34 heavy (non-hydrogen) atoms. The summed E-state index contributed by atoms with van der Waals surface area (Å²) in [5, 5.41) is 25.2. The van der Waals surface area contributed by atoms with Gasteiger partial charge in [-0.15, -0.1) is 0 Å². The molecule has 0 aliphatic heterocycles. The van der Waals surface area contributed by atoms with Crippen molar-refractivity contribution >= 4 is 24.2 Å². The first-order valence-corrected chi connectivity index (χ1v) is 10.0. The average Bonchev–Trinajstić information content (AvgIpc) is 2.86. The highest BCUT2D eigenvalue weighted by Gasteiger charge is 2.12. The lowest BCUT2D eigenvalue weighted by Crippen LogP contribution is -2.35. The Balaban J connectivity index is 1.90. The summed E-state index contributed by atoms with van der Waals surface area (Å²) in [4.78, 5) is 23.8. The highest BCUT2D eigenvalue weighted by molar-refractivity contribution is 6.35. The number of methoxy groups -OCH3 is 2. The molecule has 0 aliphatic rings. The van der Waals surface area contributed by atoms with Gasteiger partial charge in [0.1, 0.15) is 13.2 Å². The molecule has 0 fully saturated rings. The molecule has 0 aromatic heterocycles. The van der Waals surface area contributed by atoms with E-state index in [9.17, 15) is 9.59 Å². The predicted octanol–water partition coefficient (Wildman–Crippen LogP) is 0.0464. The molecule has 0 aliphatic carbocycles. The third-order valence-corrected chi connectivity index (χ3v) is 4.04. The molecule has 2 amide bonds. The van der Waals surface area contributed by atoms with Crippen molar-refractivity contribution in [2.75, 3.05) is 40.6 Å². The Morgan fingerprint density at radius 2 is 1.24 bits per heavy atom. The van der Waals surface area contributed by atoms with Crippen molar-refractivity contribution < 1.29 is 38.7 Å². The van der Waals surface area contributed by atoms with Crippen LogP contribution in [0.15, 0.2) is 46.6 Å². The van der Waals surface area contributed by atoms with E-state index in [0.29, 0.717) is 34.1 Å². The number of benzene rings is 2. The number of nitrogens with one attached hydrogen (secondary N) is 2. The molecule has 0 spiro atoms. The van der Waals surface area contributed by atoms with Gasteiger partial charge < -0.3 is 29.2 Å². The number of nitrogens with zero attached hydrogens (tertiary/aromatic N) is 2. The zero-order chi connectivity index (χ0) is 24.8. The van der Waals surface area contributed by atoms with Gasteiger partial charge >= 0.3 is 11.8 Å². The van der Waals surface area contributed by atoms with E-state index in [0.717, 1.165) is 0 Å². The Bertz CT molecular complexity index is 1030. The number of ether oxygens (including phenoxy) is 4. The predicted molar refractivity (Wildman–Crippen MR) is 123 cm³/mol. The summed E-state index contributed by atoms with van der Waals surface area (Å²) in [6.45, 7) is -0.0882. The molecular weight excluding hydrogens is 448 g/mol. The standard InChI is InChI=1S/C22H26N4O8/c1-31-17-5-3-16(12-20(17)34-10-8-28)14-24-26-22(30)21(29)25-23-13-15-4-6-18(33-9-7-27)19(11-15)32-2/h3-6,11-14,27-28H,7-10H2,1-2H3,(H,25,29)(H,26,30)/b23-13-,24-14-. The molecule has 12 nitrogen and oxygen atoms in total. The fourth-order valence-corrected chi connectivity index (χ4v) is 2.51. The summed E-state index contributed by atoms with van der Waals surface area (Å²) >= 11 is 0. The quantitative estimate of drug-likeness (QED) is 0.191. The van der Waals surface area contributed by atoms with Gasteiger partial charge in [0, 0.05) is 0 Å². The minimum atomic E-state index is -1.02. The second-order valence-corrected chi connectivity index (χ2v) is 6.36. The van der Waals surface area contributed by atoms with E-state index in [1.807, 2.05) is 0 Å². The van der Waals surface area contributed by atoms with E-state index in [4.69, 9.17) is 29.2 Å². The minimum absolute atomic E-state index is 0.0861. The Morgan fingerprint density at radius 1 is 0.765 bits per heavy atom. The molecule has 0 bridgehead atoms. The van der Waals surface area contributed by atoms with Crippen LogP contribution in [0.2, 0.25) is 0 Å². The molecule has 2 aromatic rings. The SMILES string of the molecule is COc1cc(/C=N\NC(=O)C(=O)N/N=C\c2ccc(OC)c(OCCO)c2)ccc1OCCO. The van der Waals surface area contributed by atoms with E-state index in [1.54, 1.807) is 36.4 Å². The molecule has 0 heterocycles. The maximum Gasteiger partial charge on any atom is 0.331 e. The lowest BCUT2D eigenvalue weighted by Gasteiger charge is -2.10. The number of hydrogen-bond acceptors (Lipinski definition) is 10. The number of carbonyl (C=O) groups excluding carboxylic acids is 2. The highest BCUT2D eigenvalue weighted by Crippen LogP contribution is 2.28. The molecule has 0 radical (unpaired) electrons. The molecule has 0 saturated carbocycles. The number of hydrogen-bond donors (Lipinski definition) is 4. The summed E-state index contributed by atoms with van der Waals surface area (Å²) in [5.41, 5.74) is 5.32. The van der Waals surface area contributed by atoms with Gasteiger partial charge in [0.05, 0.1) is 39.9 Å². The van der Waals surface area contributed by atoms with Gasteiger partial charge in [-0.2, -0.15) is 10.2 Å². The van der Waals surface area contributed by atoms with Crippen molar-refractivity contribution in [3.8, 4) is 23.0 Å². The summed E-state index contributed by atoms with van der Waals surface area (Å²) in [5.74, 6) is -0.326. The molecule has 4 N–H and O–H groups in total. The van der Waals surface area contributed by atoms with Crippen molar-refractivity contribution in [1.29, 1.82) is 0 Å². The molecule has 0 atom stereocenters. The van der Waals surface area contributed by atoms with Crippen LogP contribution in [0.3, 0.4) is 0 Å². The molecule has 0 unspecified atom stereocenters. The first-order chi connectivity index (χ1) is 16.5. The number of carbonyl (C=O) groups is 2. The molecular formula is C22H26N4O8. The lowest BCUT2D eigenvalue weighted by molar-refractivity contribution is -0.139. The van der Waals surface area contributed by atoms with Crippen LogP contribution in [-0.2, 0) is 9.59 Å². The normalized spacial score (nSPS) is 10.8. The van der Waals surface area contributed by atoms with Crippen LogP contribution in [0.25, 0.3) is 0 Å². The van der Waals surface area contributed by atoms with Gasteiger partial charge in [-0.1, -0.05) is 0 Å². The number of amides is 2. The van der Waals surface area contributed by atoms with Crippen LogP contribution in [0, 0.1) is 0 Å². The Labute approximate surface area is 195 Å². The Kier molecular flexibility index (Phi) is 10.8. The highest BCUT2D eigenvalue weighted by atomic mass is 16.5. The third kappa shape index (κ3) is 8.07. The van der Waals surface area contributed by atoms with Gasteiger partial charge in [0.2, 0.25) is 0 Å². The van der Waals surface area contributed by atoms with Crippen molar-refractivity contribution in [3.63, 3.8) is 0 Å². The summed E-state index contributed by atoms with van der Waals surface area (Å²) in [7, 11) is 2.94. The number of hydrazone groups is 2. The van der Waals surface area contributed by atoms with Gasteiger partial charge in [-0.05, 0) is 47.5 Å². The number of rotatable bonds is 12. The van der Waals surface area contributed by atoms with Crippen molar-refractivity contribution in [1.82, 2.24) is 10.9 Å². The number of aliphatic hydroxyl groups excluding tert-OH is 2. The van der Waals surface area contributed by atoms with E-state index < -0.39 is 11.8 Å². The Morgan fingerprint density at radius 3 is 1.74 bits per heavy atom. The van der Waals surface area contributed by atoms with Crippen LogP contribution in [0.1, 0.15) is 11.1 Å². The van der Waals surface area contributed by atoms with Crippen LogP contribution < -0.4 is 29.8 Å². The van der Waals surface area contributed by atoms with Gasteiger partial charge in [-0.3, -0.25) is 9.59 Å². The van der Waals surface area contributed by atoms with E-state index in [-0.39, 0.29) is 26.4 Å². The van der Waals surface area contributed by atoms with Gasteiger partial charge in [0.15, 0.2) is 23.0 Å². The lowest BCUT2D eigenvalue weighted by atomic mass is 10.2. The molecule has 12 heteroatoms. The fraction of sp³-hybridized carbons (Fsp3) is 0.273. The smallest absolute Gasteiger partial charge is 0.331 e. The molecule has 2 aromatic carbocycles. The molecule has 2 rings (SSSR count). The summed E-state index contributed by atoms with van der Waals surface area (Å²) in [6, 6.07) is 9.79. The first-order valence-electron chi connectivity index (χ1n) is 10.0. The minimum Gasteiger partial charge on any atom is -0.493 e. The van der Waals surface area contributed by atoms with Crippen LogP contribution in [0.4, 0.5) is 0 Å². The zero-order valence-corrected chi connectivity index (χ0v) is 18.7. The molecule has 0 saturated heterocycles. The maximum absolute atomic E-state index is 11.9. The van der Waals surface area contributed by atoms with E-state index >= 15 is 0 Å². The zero-order valence-electron chi connectivity index (χ0n) is 18.7. The van der Waals surface area contributed by atoms with Crippen molar-refractivity contribution in [2.45, 2.75) is 0 Å². The van der Waals surface area contributed by atoms with Crippen molar-refractivity contribution in [3.05, 3.63) is 47.5 Å². The maximum atomic E-state index is 11.9. The summed E-state index contributed by atoms with van der Waals surface area (Å²) in [6.07, 6.45) is 2.63. The topological polar surface area (TPSA) is 160 Å². The van der Waals surface area contributed by atoms with Crippen LogP contribution in [-0.4, -0.2) is 75.1 Å². The third-order valence-electron chi connectivity index (χ3n) is 4.04. The van der Waals surface area contributed by atoms with Crippen LogP contribution in [0.5, 0.6) is 23.0 Å². The van der Waals surface area contributed by atoms with E-state index in [2.05, 4.69) is 21.1 Å². The second kappa shape index (κ2) is 14.1.